The number of rotatable bonds is 6. The van der Waals surface area contributed by atoms with Crippen LogP contribution in [0.5, 0.6) is 0 Å². The molecule has 0 saturated carbocycles. The third kappa shape index (κ3) is 4.07. The summed E-state index contributed by atoms with van der Waals surface area (Å²) >= 11 is 0. The molecule has 0 aliphatic carbocycles. The summed E-state index contributed by atoms with van der Waals surface area (Å²) in [4.78, 5) is 10.4. The van der Waals surface area contributed by atoms with Crippen molar-refractivity contribution < 1.29 is 9.31 Å². The molecule has 0 spiro atoms. The summed E-state index contributed by atoms with van der Waals surface area (Å²) < 4.78 is 13.0. The minimum atomic E-state index is -0.574. The number of nitro benzene ring substituents is 1. The van der Waals surface area contributed by atoms with Crippen molar-refractivity contribution in [2.75, 3.05) is 7.05 Å². The standard InChI is InChI=1S/C13H19FN2O2/c1-9(2)6-12(15-3)7-10-4-5-11(14)8-13(10)16(17)18/h4-5,8-9,12,15H,6-7H2,1-3H3. The highest BCUT2D eigenvalue weighted by atomic mass is 19.1. The van der Waals surface area contributed by atoms with E-state index in [4.69, 9.17) is 0 Å². The normalized spacial score (nSPS) is 12.7. The van der Waals surface area contributed by atoms with Gasteiger partial charge >= 0.3 is 0 Å². The molecule has 0 amide bonds. The summed E-state index contributed by atoms with van der Waals surface area (Å²) in [6.07, 6.45) is 1.45. The van der Waals surface area contributed by atoms with Crippen LogP contribution >= 0.6 is 0 Å². The summed E-state index contributed by atoms with van der Waals surface area (Å²) in [5, 5.41) is 14.0. The van der Waals surface area contributed by atoms with E-state index in [1.807, 2.05) is 7.05 Å². The number of halogens is 1. The van der Waals surface area contributed by atoms with E-state index in [0.29, 0.717) is 17.9 Å². The number of nitrogens with one attached hydrogen (secondary N) is 1. The zero-order valence-corrected chi connectivity index (χ0v) is 10.9. The molecule has 0 bridgehead atoms. The van der Waals surface area contributed by atoms with Crippen LogP contribution in [0.2, 0.25) is 0 Å². The number of nitro groups is 1. The van der Waals surface area contributed by atoms with E-state index in [1.165, 1.54) is 12.1 Å². The number of nitrogens with zero attached hydrogens (tertiary/aromatic N) is 1. The van der Waals surface area contributed by atoms with E-state index in [2.05, 4.69) is 19.2 Å². The Bertz CT molecular complexity index is 421. The van der Waals surface area contributed by atoms with Crippen LogP contribution in [0.4, 0.5) is 10.1 Å². The minimum Gasteiger partial charge on any atom is -0.317 e. The SMILES string of the molecule is CNC(Cc1ccc(F)cc1[N+](=O)[O-])CC(C)C. The van der Waals surface area contributed by atoms with Crippen LogP contribution < -0.4 is 5.32 Å². The second-order valence-corrected chi connectivity index (χ2v) is 4.85. The Kier molecular flexibility index (Phi) is 5.22. The fourth-order valence-electron chi connectivity index (χ4n) is 2.02. The van der Waals surface area contributed by atoms with Gasteiger partial charge in [-0.2, -0.15) is 0 Å². The molecule has 0 saturated heterocycles. The van der Waals surface area contributed by atoms with Crippen LogP contribution in [-0.2, 0) is 6.42 Å². The van der Waals surface area contributed by atoms with Gasteiger partial charge in [0.1, 0.15) is 5.82 Å². The van der Waals surface area contributed by atoms with Gasteiger partial charge < -0.3 is 5.32 Å². The molecule has 1 N–H and O–H groups in total. The molecule has 18 heavy (non-hydrogen) atoms. The average Bonchev–Trinajstić information content (AvgIpc) is 2.29. The molecule has 1 rings (SSSR count). The van der Waals surface area contributed by atoms with Crippen molar-refractivity contribution in [2.45, 2.75) is 32.7 Å². The van der Waals surface area contributed by atoms with Crippen molar-refractivity contribution >= 4 is 5.69 Å². The third-order valence-corrected chi connectivity index (χ3v) is 2.87. The molecular weight excluding hydrogens is 235 g/mol. The molecule has 100 valence electrons. The molecule has 0 radical (unpaired) electrons. The molecule has 0 aromatic heterocycles. The molecule has 1 atom stereocenters. The van der Waals surface area contributed by atoms with Crippen LogP contribution in [0.3, 0.4) is 0 Å². The zero-order chi connectivity index (χ0) is 13.7. The van der Waals surface area contributed by atoms with Crippen molar-refractivity contribution in [1.82, 2.24) is 5.32 Å². The third-order valence-electron chi connectivity index (χ3n) is 2.87. The Morgan fingerprint density at radius 2 is 2.11 bits per heavy atom. The van der Waals surface area contributed by atoms with Gasteiger partial charge in [-0.3, -0.25) is 10.1 Å². The lowest BCUT2D eigenvalue weighted by Gasteiger charge is -2.18. The van der Waals surface area contributed by atoms with E-state index in [1.54, 1.807) is 0 Å². The highest BCUT2D eigenvalue weighted by molar-refractivity contribution is 5.40. The lowest BCUT2D eigenvalue weighted by atomic mass is 9.96. The zero-order valence-electron chi connectivity index (χ0n) is 10.9. The molecule has 0 heterocycles. The van der Waals surface area contributed by atoms with Gasteiger partial charge in [-0.15, -0.1) is 0 Å². The fraction of sp³-hybridized carbons (Fsp3) is 0.538. The summed E-state index contributed by atoms with van der Waals surface area (Å²) in [5.74, 6) is -0.0720. The van der Waals surface area contributed by atoms with E-state index in [0.717, 1.165) is 12.5 Å². The van der Waals surface area contributed by atoms with Gasteiger partial charge in [0, 0.05) is 11.6 Å². The molecule has 1 unspecified atom stereocenters. The predicted octanol–water partition coefficient (Wildman–Crippen LogP) is 2.91. The first-order valence-corrected chi connectivity index (χ1v) is 6.04. The van der Waals surface area contributed by atoms with Gasteiger partial charge in [0.05, 0.1) is 11.0 Å². The number of hydrogen-bond acceptors (Lipinski definition) is 3. The minimum absolute atomic E-state index is 0.140. The molecule has 0 fully saturated rings. The smallest absolute Gasteiger partial charge is 0.275 e. The first-order valence-electron chi connectivity index (χ1n) is 6.04. The fourth-order valence-corrected chi connectivity index (χ4v) is 2.02. The van der Waals surface area contributed by atoms with E-state index >= 15 is 0 Å². The Hall–Kier alpha value is -1.49. The molecule has 1 aromatic carbocycles. The van der Waals surface area contributed by atoms with Crippen molar-refractivity contribution in [3.05, 3.63) is 39.7 Å². The second kappa shape index (κ2) is 6.44. The Balaban J connectivity index is 2.91. The molecule has 0 aliphatic heterocycles. The van der Waals surface area contributed by atoms with Gasteiger partial charge in [0.15, 0.2) is 0 Å². The Labute approximate surface area is 106 Å². The second-order valence-electron chi connectivity index (χ2n) is 4.85. The maximum atomic E-state index is 13.0. The monoisotopic (exact) mass is 254 g/mol. The topological polar surface area (TPSA) is 55.2 Å². The van der Waals surface area contributed by atoms with Crippen LogP contribution in [0.25, 0.3) is 0 Å². The van der Waals surface area contributed by atoms with Gasteiger partial charge in [-0.05, 0) is 37.9 Å². The Morgan fingerprint density at radius 3 is 2.61 bits per heavy atom. The van der Waals surface area contributed by atoms with Crippen LogP contribution in [0.15, 0.2) is 18.2 Å². The predicted molar refractivity (Wildman–Crippen MR) is 69.1 cm³/mol. The number of benzene rings is 1. The maximum absolute atomic E-state index is 13.0. The summed E-state index contributed by atoms with van der Waals surface area (Å²) in [5.41, 5.74) is 0.431. The van der Waals surface area contributed by atoms with Gasteiger partial charge in [0.2, 0.25) is 0 Å². The van der Waals surface area contributed by atoms with Gasteiger partial charge in [-0.1, -0.05) is 13.8 Å². The van der Waals surface area contributed by atoms with Gasteiger partial charge in [-0.25, -0.2) is 4.39 Å². The Morgan fingerprint density at radius 1 is 1.44 bits per heavy atom. The van der Waals surface area contributed by atoms with Crippen molar-refractivity contribution in [3.63, 3.8) is 0 Å². The first kappa shape index (κ1) is 14.6. The van der Waals surface area contributed by atoms with Crippen molar-refractivity contribution in [3.8, 4) is 0 Å². The van der Waals surface area contributed by atoms with E-state index in [9.17, 15) is 14.5 Å². The van der Waals surface area contributed by atoms with Crippen LogP contribution in [-0.4, -0.2) is 18.0 Å². The van der Waals surface area contributed by atoms with Crippen LogP contribution in [0.1, 0.15) is 25.8 Å². The summed E-state index contributed by atoms with van der Waals surface area (Å²) in [6.45, 7) is 4.20. The lowest BCUT2D eigenvalue weighted by molar-refractivity contribution is -0.385. The molecule has 5 heteroatoms. The average molecular weight is 254 g/mol. The highest BCUT2D eigenvalue weighted by Gasteiger charge is 2.18. The van der Waals surface area contributed by atoms with Crippen molar-refractivity contribution in [1.29, 1.82) is 0 Å². The highest BCUT2D eigenvalue weighted by Crippen LogP contribution is 2.22. The first-order chi connectivity index (χ1) is 8.43. The number of hydrogen-bond donors (Lipinski definition) is 1. The summed E-state index contributed by atoms with van der Waals surface area (Å²) in [6, 6.07) is 3.91. The molecular formula is C13H19FN2O2. The maximum Gasteiger partial charge on any atom is 0.275 e. The molecule has 0 aliphatic rings. The van der Waals surface area contributed by atoms with E-state index < -0.39 is 10.7 Å². The summed E-state index contributed by atoms with van der Waals surface area (Å²) in [7, 11) is 1.84. The molecule has 4 nitrogen and oxygen atoms in total. The quantitative estimate of drug-likeness (QED) is 0.627. The van der Waals surface area contributed by atoms with Crippen molar-refractivity contribution in [2.24, 2.45) is 5.92 Å². The molecule has 1 aromatic rings. The number of likely N-dealkylation sites (N-methyl/N-ethyl adjacent to an activating group) is 1. The van der Waals surface area contributed by atoms with E-state index in [-0.39, 0.29) is 11.7 Å². The van der Waals surface area contributed by atoms with Gasteiger partial charge in [0.25, 0.3) is 5.69 Å². The van der Waals surface area contributed by atoms with Crippen LogP contribution in [0, 0.1) is 21.8 Å². The largest absolute Gasteiger partial charge is 0.317 e. The lowest BCUT2D eigenvalue weighted by Crippen LogP contribution is -2.29.